The number of nitrogens with one attached hydrogen (secondary N) is 1. The minimum absolute atomic E-state index is 0.0536. The van der Waals surface area contributed by atoms with Crippen LogP contribution in [0.15, 0.2) is 18.2 Å². The molecule has 0 bridgehead atoms. The lowest BCUT2D eigenvalue weighted by Crippen LogP contribution is -2.35. The van der Waals surface area contributed by atoms with Crippen molar-refractivity contribution in [3.05, 3.63) is 23.1 Å². The molecule has 1 saturated heterocycles. The maximum absolute atomic E-state index is 12.2. The van der Waals surface area contributed by atoms with Gasteiger partial charge in [0.05, 0.1) is 11.4 Å². The molecule has 4 rings (SSSR count). The van der Waals surface area contributed by atoms with Crippen LogP contribution in [-0.4, -0.2) is 43.2 Å². The molecule has 1 atom stereocenters. The third kappa shape index (κ3) is 3.06. The molecule has 1 aromatic carbocycles. The first-order valence-corrected chi connectivity index (χ1v) is 9.28. The number of rotatable bonds is 3. The van der Waals surface area contributed by atoms with Crippen molar-refractivity contribution < 1.29 is 19.1 Å². The summed E-state index contributed by atoms with van der Waals surface area (Å²) in [7, 11) is 1.73. The number of aryl methyl sites for hydroxylation is 1. The molecule has 2 amide bonds. The van der Waals surface area contributed by atoms with Gasteiger partial charge in [-0.15, -0.1) is 11.3 Å². The zero-order valence-corrected chi connectivity index (χ0v) is 15.4. The van der Waals surface area contributed by atoms with Gasteiger partial charge in [0, 0.05) is 24.1 Å². The Morgan fingerprint density at radius 3 is 3.04 bits per heavy atom. The normalized spacial score (nSPS) is 19.2. The standard InChI is InChI=1S/C18H19N3O4S/c1-10-16(19-18(26-10)20-17(23)14-4-3-7-24-14)11-5-6-13-12(8-11)21(2)15(22)9-25-13/h5-6,8,14H,3-4,7,9H2,1-2H3,(H,19,20,23)/t14-/m0/s1. The Bertz CT molecular complexity index is 873. The summed E-state index contributed by atoms with van der Waals surface area (Å²) in [6.45, 7) is 2.64. The van der Waals surface area contributed by atoms with Gasteiger partial charge in [0.2, 0.25) is 0 Å². The maximum atomic E-state index is 12.2. The number of aromatic nitrogens is 1. The molecule has 1 aromatic heterocycles. The van der Waals surface area contributed by atoms with E-state index in [2.05, 4.69) is 10.3 Å². The average Bonchev–Trinajstić information content (AvgIpc) is 3.28. The van der Waals surface area contributed by atoms with Crippen LogP contribution in [0.5, 0.6) is 5.75 Å². The second kappa shape index (κ2) is 6.69. The van der Waals surface area contributed by atoms with E-state index in [4.69, 9.17) is 9.47 Å². The molecule has 3 heterocycles. The first-order chi connectivity index (χ1) is 12.5. The molecular formula is C18H19N3O4S. The fraction of sp³-hybridized carbons (Fsp3) is 0.389. The van der Waals surface area contributed by atoms with Crippen molar-refractivity contribution in [1.29, 1.82) is 0 Å². The highest BCUT2D eigenvalue weighted by molar-refractivity contribution is 7.16. The number of carbonyl (C=O) groups excluding carboxylic acids is 2. The molecular weight excluding hydrogens is 354 g/mol. The summed E-state index contributed by atoms with van der Waals surface area (Å²) in [6.07, 6.45) is 1.26. The maximum Gasteiger partial charge on any atom is 0.264 e. The number of ether oxygens (including phenoxy) is 2. The number of thiazole rings is 1. The summed E-state index contributed by atoms with van der Waals surface area (Å²) in [5.41, 5.74) is 2.38. The smallest absolute Gasteiger partial charge is 0.264 e. The fourth-order valence-electron chi connectivity index (χ4n) is 3.11. The van der Waals surface area contributed by atoms with Crippen molar-refractivity contribution >= 4 is 34.0 Å². The van der Waals surface area contributed by atoms with E-state index in [1.54, 1.807) is 11.9 Å². The second-order valence-electron chi connectivity index (χ2n) is 6.34. The summed E-state index contributed by atoms with van der Waals surface area (Å²) in [5, 5.41) is 3.40. The number of likely N-dealkylation sites (N-methyl/N-ethyl adjacent to an activating group) is 1. The van der Waals surface area contributed by atoms with Crippen LogP contribution in [-0.2, 0) is 14.3 Å². The predicted octanol–water partition coefficient (Wildman–Crippen LogP) is 2.59. The van der Waals surface area contributed by atoms with E-state index in [9.17, 15) is 9.59 Å². The van der Waals surface area contributed by atoms with E-state index < -0.39 is 0 Å². The minimum atomic E-state index is -0.386. The second-order valence-corrected chi connectivity index (χ2v) is 7.54. The molecule has 0 radical (unpaired) electrons. The lowest BCUT2D eigenvalue weighted by atomic mass is 10.1. The Kier molecular flexibility index (Phi) is 4.37. The largest absolute Gasteiger partial charge is 0.482 e. The van der Waals surface area contributed by atoms with E-state index in [1.807, 2.05) is 25.1 Å². The SMILES string of the molecule is Cc1sc(NC(=O)[C@@H]2CCCO2)nc1-c1ccc2c(c1)N(C)C(=O)CO2. The molecule has 2 aromatic rings. The number of anilines is 2. The fourth-order valence-corrected chi connectivity index (χ4v) is 3.95. The molecule has 136 valence electrons. The van der Waals surface area contributed by atoms with Crippen LogP contribution in [0.2, 0.25) is 0 Å². The van der Waals surface area contributed by atoms with Crippen molar-refractivity contribution in [2.45, 2.75) is 25.9 Å². The molecule has 0 unspecified atom stereocenters. The van der Waals surface area contributed by atoms with Gasteiger partial charge in [-0.3, -0.25) is 14.9 Å². The topological polar surface area (TPSA) is 80.8 Å². The highest BCUT2D eigenvalue weighted by Crippen LogP contribution is 2.37. The van der Waals surface area contributed by atoms with Crippen molar-refractivity contribution in [2.24, 2.45) is 0 Å². The molecule has 7 nitrogen and oxygen atoms in total. The van der Waals surface area contributed by atoms with Crippen molar-refractivity contribution in [3.8, 4) is 17.0 Å². The summed E-state index contributed by atoms with van der Waals surface area (Å²) in [6, 6.07) is 5.65. The number of hydrogen-bond donors (Lipinski definition) is 1. The summed E-state index contributed by atoms with van der Waals surface area (Å²) >= 11 is 1.42. The Morgan fingerprint density at radius 2 is 2.27 bits per heavy atom. The molecule has 0 aliphatic carbocycles. The Hall–Kier alpha value is -2.45. The summed E-state index contributed by atoms with van der Waals surface area (Å²) < 4.78 is 10.9. The first kappa shape index (κ1) is 17.0. The van der Waals surface area contributed by atoms with Crippen LogP contribution in [0.3, 0.4) is 0 Å². The van der Waals surface area contributed by atoms with E-state index in [0.717, 1.165) is 34.7 Å². The van der Waals surface area contributed by atoms with Crippen LogP contribution >= 0.6 is 11.3 Å². The van der Waals surface area contributed by atoms with Crippen LogP contribution in [0.1, 0.15) is 17.7 Å². The van der Waals surface area contributed by atoms with Gasteiger partial charge in [-0.1, -0.05) is 0 Å². The Balaban J connectivity index is 1.59. The Labute approximate surface area is 154 Å². The van der Waals surface area contributed by atoms with Gasteiger partial charge in [-0.05, 0) is 38.0 Å². The first-order valence-electron chi connectivity index (χ1n) is 8.46. The number of amides is 2. The van der Waals surface area contributed by atoms with Gasteiger partial charge in [-0.25, -0.2) is 4.98 Å². The number of carbonyl (C=O) groups is 2. The van der Waals surface area contributed by atoms with Crippen molar-refractivity contribution in [2.75, 3.05) is 30.5 Å². The van der Waals surface area contributed by atoms with E-state index in [-0.39, 0.29) is 24.5 Å². The quantitative estimate of drug-likeness (QED) is 0.894. The van der Waals surface area contributed by atoms with Crippen LogP contribution < -0.4 is 15.0 Å². The van der Waals surface area contributed by atoms with Gasteiger partial charge < -0.3 is 14.4 Å². The van der Waals surface area contributed by atoms with Gasteiger partial charge in [0.1, 0.15) is 11.9 Å². The highest BCUT2D eigenvalue weighted by Gasteiger charge is 2.26. The van der Waals surface area contributed by atoms with Crippen LogP contribution in [0, 0.1) is 6.92 Å². The molecule has 26 heavy (non-hydrogen) atoms. The van der Waals surface area contributed by atoms with Crippen LogP contribution in [0.25, 0.3) is 11.3 Å². The van der Waals surface area contributed by atoms with Gasteiger partial charge in [0.15, 0.2) is 11.7 Å². The number of fused-ring (bicyclic) bond motifs is 1. The Morgan fingerprint density at radius 1 is 1.42 bits per heavy atom. The lowest BCUT2D eigenvalue weighted by Gasteiger charge is -2.26. The summed E-state index contributed by atoms with van der Waals surface area (Å²) in [5.74, 6) is 0.441. The third-order valence-corrected chi connectivity index (χ3v) is 5.45. The minimum Gasteiger partial charge on any atom is -0.482 e. The predicted molar refractivity (Wildman–Crippen MR) is 98.8 cm³/mol. The monoisotopic (exact) mass is 373 g/mol. The zero-order chi connectivity index (χ0) is 18.3. The average molecular weight is 373 g/mol. The van der Waals surface area contributed by atoms with Crippen molar-refractivity contribution in [1.82, 2.24) is 4.98 Å². The number of benzene rings is 1. The molecule has 0 saturated carbocycles. The summed E-state index contributed by atoms with van der Waals surface area (Å²) in [4.78, 5) is 31.2. The number of nitrogens with zero attached hydrogens (tertiary/aromatic N) is 2. The molecule has 1 N–H and O–H groups in total. The molecule has 1 fully saturated rings. The number of hydrogen-bond acceptors (Lipinski definition) is 6. The molecule has 8 heteroatoms. The molecule has 2 aliphatic rings. The highest BCUT2D eigenvalue weighted by atomic mass is 32.1. The zero-order valence-electron chi connectivity index (χ0n) is 14.6. The van der Waals surface area contributed by atoms with Crippen molar-refractivity contribution in [3.63, 3.8) is 0 Å². The van der Waals surface area contributed by atoms with E-state index in [1.165, 1.54) is 11.3 Å². The van der Waals surface area contributed by atoms with E-state index in [0.29, 0.717) is 17.5 Å². The molecule has 0 spiro atoms. The van der Waals surface area contributed by atoms with E-state index >= 15 is 0 Å². The van der Waals surface area contributed by atoms with Gasteiger partial charge in [-0.2, -0.15) is 0 Å². The lowest BCUT2D eigenvalue weighted by molar-refractivity contribution is -0.124. The van der Waals surface area contributed by atoms with Gasteiger partial charge >= 0.3 is 0 Å². The van der Waals surface area contributed by atoms with Gasteiger partial charge in [0.25, 0.3) is 11.8 Å². The third-order valence-electron chi connectivity index (χ3n) is 4.57. The van der Waals surface area contributed by atoms with Crippen LogP contribution in [0.4, 0.5) is 10.8 Å². The molecule has 2 aliphatic heterocycles.